The lowest BCUT2D eigenvalue weighted by molar-refractivity contribution is -0.137. The van der Waals surface area contributed by atoms with Gasteiger partial charge in [-0.25, -0.2) is 4.98 Å². The minimum Gasteiger partial charge on any atom is -0.340 e. The predicted octanol–water partition coefficient (Wildman–Crippen LogP) is 4.24. The molecule has 0 amide bonds. The smallest absolute Gasteiger partial charge is 0.340 e. The summed E-state index contributed by atoms with van der Waals surface area (Å²) in [7, 11) is 0. The summed E-state index contributed by atoms with van der Waals surface area (Å²) < 4.78 is 37.1. The maximum absolute atomic E-state index is 12.4. The van der Waals surface area contributed by atoms with Crippen LogP contribution in [0, 0.1) is 4.91 Å². The number of hydrogen-bond donors (Lipinski definition) is 1. The van der Waals surface area contributed by atoms with Crippen LogP contribution in [0.1, 0.15) is 5.56 Å². The molecule has 0 saturated carbocycles. The molecule has 0 unspecified atom stereocenters. The quantitative estimate of drug-likeness (QED) is 0.846. The molecular formula is C12H8F3N3O. The average molecular weight is 267 g/mol. The molecule has 4 nitrogen and oxygen atoms in total. The van der Waals surface area contributed by atoms with Crippen LogP contribution in [0.5, 0.6) is 0 Å². The molecule has 1 heterocycles. The Morgan fingerprint density at radius 2 is 1.74 bits per heavy atom. The van der Waals surface area contributed by atoms with Crippen LogP contribution < -0.4 is 5.32 Å². The second-order valence-corrected chi connectivity index (χ2v) is 3.69. The second kappa shape index (κ2) is 5.05. The van der Waals surface area contributed by atoms with Crippen molar-refractivity contribution in [3.63, 3.8) is 0 Å². The molecule has 0 atom stereocenters. The van der Waals surface area contributed by atoms with Gasteiger partial charge in [0.05, 0.1) is 11.8 Å². The monoisotopic (exact) mass is 267 g/mol. The molecule has 2 rings (SSSR count). The van der Waals surface area contributed by atoms with Crippen molar-refractivity contribution in [3.05, 3.63) is 53.1 Å². The normalized spacial score (nSPS) is 11.1. The first-order valence-corrected chi connectivity index (χ1v) is 5.23. The van der Waals surface area contributed by atoms with Gasteiger partial charge in [-0.05, 0) is 41.6 Å². The van der Waals surface area contributed by atoms with Crippen LogP contribution in [0.15, 0.2) is 47.8 Å². The van der Waals surface area contributed by atoms with Crippen LogP contribution in [-0.2, 0) is 6.18 Å². The van der Waals surface area contributed by atoms with Gasteiger partial charge in [0.2, 0.25) is 0 Å². The van der Waals surface area contributed by atoms with Crippen LogP contribution >= 0.6 is 0 Å². The summed E-state index contributed by atoms with van der Waals surface area (Å²) in [5.41, 5.74) is -0.0724. The summed E-state index contributed by atoms with van der Waals surface area (Å²) in [6.07, 6.45) is -3.09. The maximum Gasteiger partial charge on any atom is 0.416 e. The fourth-order valence-corrected chi connectivity index (χ4v) is 1.40. The highest BCUT2D eigenvalue weighted by Crippen LogP contribution is 2.30. The van der Waals surface area contributed by atoms with Crippen molar-refractivity contribution in [2.75, 3.05) is 5.32 Å². The summed E-state index contributed by atoms with van der Waals surface area (Å²) in [4.78, 5) is 14.1. The number of hydrogen-bond acceptors (Lipinski definition) is 4. The van der Waals surface area contributed by atoms with Gasteiger partial charge in [0.25, 0.3) is 0 Å². The SMILES string of the molecule is O=Nc1ccc(Nc2ccc(C(F)(F)F)cc2)nc1. The third-order valence-electron chi connectivity index (χ3n) is 2.34. The van der Waals surface area contributed by atoms with Crippen molar-refractivity contribution in [3.8, 4) is 0 Å². The number of benzene rings is 1. The van der Waals surface area contributed by atoms with Crippen LogP contribution in [-0.4, -0.2) is 4.98 Å². The minimum atomic E-state index is -4.35. The third-order valence-corrected chi connectivity index (χ3v) is 2.34. The van der Waals surface area contributed by atoms with E-state index in [0.717, 1.165) is 12.1 Å². The van der Waals surface area contributed by atoms with E-state index in [2.05, 4.69) is 15.5 Å². The van der Waals surface area contributed by atoms with Gasteiger partial charge >= 0.3 is 6.18 Å². The molecule has 98 valence electrons. The molecule has 19 heavy (non-hydrogen) atoms. The van der Waals surface area contributed by atoms with Crippen molar-refractivity contribution in [2.45, 2.75) is 6.18 Å². The Hall–Kier alpha value is -2.44. The molecule has 0 aliphatic rings. The summed E-state index contributed by atoms with van der Waals surface area (Å²) in [5, 5.41) is 5.50. The first-order chi connectivity index (χ1) is 8.99. The van der Waals surface area contributed by atoms with Crippen molar-refractivity contribution < 1.29 is 13.2 Å². The lowest BCUT2D eigenvalue weighted by Gasteiger charge is -2.08. The Labute approximate surface area is 106 Å². The fraction of sp³-hybridized carbons (Fsp3) is 0.0833. The standard InChI is InChI=1S/C12H8F3N3O/c13-12(14,15)8-1-3-9(4-2-8)17-11-6-5-10(18-19)7-16-11/h1-7H,(H,16,17). The molecule has 1 N–H and O–H groups in total. The number of alkyl halides is 3. The van der Waals surface area contributed by atoms with E-state index in [1.54, 1.807) is 0 Å². The molecule has 0 aliphatic carbocycles. The van der Waals surface area contributed by atoms with Gasteiger partial charge in [0, 0.05) is 5.69 Å². The highest BCUT2D eigenvalue weighted by Gasteiger charge is 2.29. The van der Waals surface area contributed by atoms with E-state index in [1.165, 1.54) is 30.5 Å². The van der Waals surface area contributed by atoms with E-state index in [-0.39, 0.29) is 5.69 Å². The summed E-state index contributed by atoms with van der Waals surface area (Å²) in [6.45, 7) is 0. The maximum atomic E-state index is 12.4. The van der Waals surface area contributed by atoms with Gasteiger partial charge in [0.15, 0.2) is 0 Å². The van der Waals surface area contributed by atoms with Crippen LogP contribution in [0.4, 0.5) is 30.4 Å². The zero-order chi connectivity index (χ0) is 13.9. The second-order valence-electron chi connectivity index (χ2n) is 3.69. The summed E-state index contributed by atoms with van der Waals surface area (Å²) >= 11 is 0. The molecule has 7 heteroatoms. The van der Waals surface area contributed by atoms with Crippen molar-refractivity contribution >= 4 is 17.2 Å². The van der Waals surface area contributed by atoms with Gasteiger partial charge in [0.1, 0.15) is 11.5 Å². The molecule has 0 aliphatic heterocycles. The van der Waals surface area contributed by atoms with Crippen LogP contribution in [0.25, 0.3) is 0 Å². The molecule has 1 aromatic carbocycles. The molecule has 0 fully saturated rings. The highest BCUT2D eigenvalue weighted by atomic mass is 19.4. The first kappa shape index (κ1) is 13.0. The van der Waals surface area contributed by atoms with Crippen LogP contribution in [0.2, 0.25) is 0 Å². The molecule has 2 aromatic rings. The van der Waals surface area contributed by atoms with E-state index in [0.29, 0.717) is 11.5 Å². The van der Waals surface area contributed by atoms with Gasteiger partial charge < -0.3 is 5.32 Å². The number of nitroso groups, excluding NO2 is 1. The Morgan fingerprint density at radius 1 is 1.05 bits per heavy atom. The molecule has 0 spiro atoms. The lowest BCUT2D eigenvalue weighted by Crippen LogP contribution is -2.04. The van der Waals surface area contributed by atoms with E-state index in [9.17, 15) is 18.1 Å². The third kappa shape index (κ3) is 3.27. The van der Waals surface area contributed by atoms with E-state index in [1.807, 2.05) is 0 Å². The predicted molar refractivity (Wildman–Crippen MR) is 64.4 cm³/mol. The Balaban J connectivity index is 2.12. The average Bonchev–Trinajstić information content (AvgIpc) is 2.39. The number of pyridine rings is 1. The van der Waals surface area contributed by atoms with E-state index < -0.39 is 11.7 Å². The van der Waals surface area contributed by atoms with E-state index in [4.69, 9.17) is 0 Å². The topological polar surface area (TPSA) is 54.4 Å². The number of nitrogens with one attached hydrogen (secondary N) is 1. The van der Waals surface area contributed by atoms with Crippen molar-refractivity contribution in [1.82, 2.24) is 4.98 Å². The molecular weight excluding hydrogens is 259 g/mol. The van der Waals surface area contributed by atoms with Crippen LogP contribution in [0.3, 0.4) is 0 Å². The number of halogens is 3. The minimum absolute atomic E-state index is 0.179. The number of rotatable bonds is 3. The van der Waals surface area contributed by atoms with Crippen molar-refractivity contribution in [2.24, 2.45) is 5.18 Å². The molecule has 1 aromatic heterocycles. The lowest BCUT2D eigenvalue weighted by atomic mass is 10.2. The highest BCUT2D eigenvalue weighted by molar-refractivity contribution is 5.57. The number of anilines is 2. The molecule has 0 radical (unpaired) electrons. The zero-order valence-electron chi connectivity index (χ0n) is 9.48. The van der Waals surface area contributed by atoms with Gasteiger partial charge in [-0.15, -0.1) is 4.91 Å². The summed E-state index contributed by atoms with van der Waals surface area (Å²) in [5.74, 6) is 0.409. The van der Waals surface area contributed by atoms with Gasteiger partial charge in [-0.1, -0.05) is 0 Å². The largest absolute Gasteiger partial charge is 0.416 e. The molecule has 0 bridgehead atoms. The van der Waals surface area contributed by atoms with Gasteiger partial charge in [-0.2, -0.15) is 13.2 Å². The Morgan fingerprint density at radius 3 is 2.21 bits per heavy atom. The number of nitrogens with zero attached hydrogens (tertiary/aromatic N) is 2. The molecule has 0 saturated heterocycles. The first-order valence-electron chi connectivity index (χ1n) is 5.23. The fourth-order valence-electron chi connectivity index (χ4n) is 1.40. The van der Waals surface area contributed by atoms with E-state index >= 15 is 0 Å². The zero-order valence-corrected chi connectivity index (χ0v) is 9.48. The Bertz CT molecular complexity index is 564. The van der Waals surface area contributed by atoms with Gasteiger partial charge in [-0.3, -0.25) is 0 Å². The van der Waals surface area contributed by atoms with Crippen molar-refractivity contribution in [1.29, 1.82) is 0 Å². The number of aromatic nitrogens is 1. The summed E-state index contributed by atoms with van der Waals surface area (Å²) in [6, 6.07) is 7.51. The Kier molecular flexibility index (Phi) is 3.46.